The molecule has 1 aliphatic rings. The largest absolute Gasteiger partial charge is 0.491 e. The summed E-state index contributed by atoms with van der Waals surface area (Å²) in [6.07, 6.45) is 11.9. The highest BCUT2D eigenvalue weighted by Gasteiger charge is 2.19. The molecule has 1 nitrogen and oxygen atoms in total. The molecular weight excluding hydrogens is 305 g/mol. The van der Waals surface area contributed by atoms with Gasteiger partial charge in [-0.15, -0.1) is 0 Å². The van der Waals surface area contributed by atoms with Crippen molar-refractivity contribution in [2.75, 3.05) is 6.61 Å². The molecule has 0 radical (unpaired) electrons. The van der Waals surface area contributed by atoms with Crippen molar-refractivity contribution < 1.29 is 13.5 Å². The number of halogens is 2. The van der Waals surface area contributed by atoms with Crippen molar-refractivity contribution in [3.8, 4) is 0 Å². The maximum absolute atomic E-state index is 13.3. The molecule has 1 fully saturated rings. The second-order valence-electron chi connectivity index (χ2n) is 7.11. The standard InChI is InChI=1S/C20H33BF2O/c1-3-5-7-17(18(13-22)6-4-2)12-20(14-23)24-15-16-8-10-19(21)11-9-16/h12-14,16,19H,3-11,15,21H2,1-2H3/b17-12-,18-13+,20-14-. The molecule has 0 atom stereocenters. The van der Waals surface area contributed by atoms with Crippen molar-refractivity contribution in [2.45, 2.75) is 77.5 Å². The van der Waals surface area contributed by atoms with E-state index in [9.17, 15) is 8.78 Å². The Morgan fingerprint density at radius 2 is 1.71 bits per heavy atom. The Kier molecular flexibility index (Phi) is 10.8. The lowest BCUT2D eigenvalue weighted by Crippen LogP contribution is -2.16. The molecule has 0 saturated heterocycles. The molecule has 0 aromatic carbocycles. The molecule has 0 aromatic heterocycles. The summed E-state index contributed by atoms with van der Waals surface area (Å²) in [6.45, 7) is 4.68. The monoisotopic (exact) mass is 338 g/mol. The first-order chi connectivity index (χ1) is 11.6. The Morgan fingerprint density at radius 3 is 2.25 bits per heavy atom. The van der Waals surface area contributed by atoms with Gasteiger partial charge in [0.2, 0.25) is 0 Å². The first kappa shape index (κ1) is 21.0. The third-order valence-corrected chi connectivity index (χ3v) is 4.91. The minimum atomic E-state index is 0.232. The number of hydrogen-bond donors (Lipinski definition) is 0. The molecule has 4 heteroatoms. The summed E-state index contributed by atoms with van der Waals surface area (Å²) in [4.78, 5) is 0. The van der Waals surface area contributed by atoms with Crippen LogP contribution in [0.4, 0.5) is 8.78 Å². The average molecular weight is 338 g/mol. The van der Waals surface area contributed by atoms with E-state index < -0.39 is 0 Å². The van der Waals surface area contributed by atoms with Crippen LogP contribution in [0.3, 0.4) is 0 Å². The van der Waals surface area contributed by atoms with Crippen LogP contribution in [0.15, 0.2) is 35.6 Å². The van der Waals surface area contributed by atoms with Crippen molar-refractivity contribution in [1.29, 1.82) is 0 Å². The van der Waals surface area contributed by atoms with Gasteiger partial charge >= 0.3 is 0 Å². The normalized spacial score (nSPS) is 23.4. The summed E-state index contributed by atoms with van der Waals surface area (Å²) in [5.41, 5.74) is 1.53. The van der Waals surface area contributed by atoms with Crippen LogP contribution in [-0.4, -0.2) is 14.5 Å². The van der Waals surface area contributed by atoms with Gasteiger partial charge in [0.25, 0.3) is 0 Å². The van der Waals surface area contributed by atoms with Gasteiger partial charge in [-0.25, -0.2) is 8.78 Å². The van der Waals surface area contributed by atoms with Crippen LogP contribution in [-0.2, 0) is 4.74 Å². The topological polar surface area (TPSA) is 9.23 Å². The van der Waals surface area contributed by atoms with Gasteiger partial charge in [-0.3, -0.25) is 0 Å². The number of allylic oxidation sites excluding steroid dienone is 3. The molecule has 0 unspecified atom stereocenters. The van der Waals surface area contributed by atoms with Gasteiger partial charge in [-0.05, 0) is 55.2 Å². The number of unbranched alkanes of at least 4 members (excludes halogenated alkanes) is 1. The fourth-order valence-electron chi connectivity index (χ4n) is 3.23. The predicted octanol–water partition coefficient (Wildman–Crippen LogP) is 6.20. The summed E-state index contributed by atoms with van der Waals surface area (Å²) in [5, 5.41) is 0. The van der Waals surface area contributed by atoms with Gasteiger partial charge in [0.05, 0.1) is 12.9 Å². The van der Waals surface area contributed by atoms with Crippen molar-refractivity contribution >= 4 is 7.85 Å². The smallest absolute Gasteiger partial charge is 0.147 e. The van der Waals surface area contributed by atoms with Gasteiger partial charge in [-0.2, -0.15) is 0 Å². The predicted molar refractivity (Wildman–Crippen MR) is 101 cm³/mol. The Bertz CT molecular complexity index is 435. The number of hydrogen-bond acceptors (Lipinski definition) is 1. The van der Waals surface area contributed by atoms with Crippen LogP contribution in [0, 0.1) is 5.92 Å². The lowest BCUT2D eigenvalue weighted by atomic mass is 9.72. The Labute approximate surface area is 147 Å². The highest BCUT2D eigenvalue weighted by Crippen LogP contribution is 2.31. The molecule has 0 N–H and O–H groups in total. The molecule has 24 heavy (non-hydrogen) atoms. The van der Waals surface area contributed by atoms with E-state index in [0.29, 0.717) is 37.2 Å². The third-order valence-electron chi connectivity index (χ3n) is 4.91. The van der Waals surface area contributed by atoms with Gasteiger partial charge in [-0.1, -0.05) is 45.3 Å². The first-order valence-electron chi connectivity index (χ1n) is 9.57. The summed E-state index contributed by atoms with van der Waals surface area (Å²) < 4.78 is 32.2. The molecule has 1 saturated carbocycles. The van der Waals surface area contributed by atoms with E-state index in [0.717, 1.165) is 49.9 Å². The molecule has 1 aliphatic carbocycles. The summed E-state index contributed by atoms with van der Waals surface area (Å²) >= 11 is 0. The zero-order valence-electron chi connectivity index (χ0n) is 15.6. The van der Waals surface area contributed by atoms with Crippen LogP contribution in [0.1, 0.15) is 71.6 Å². The summed E-state index contributed by atoms with van der Waals surface area (Å²) in [7, 11) is 2.28. The highest BCUT2D eigenvalue weighted by atomic mass is 19.1. The van der Waals surface area contributed by atoms with Gasteiger partial charge < -0.3 is 4.74 Å². The molecule has 0 heterocycles. The van der Waals surface area contributed by atoms with Crippen LogP contribution in [0.5, 0.6) is 0 Å². The van der Waals surface area contributed by atoms with Gasteiger partial charge in [0, 0.05) is 0 Å². The zero-order chi connectivity index (χ0) is 17.8. The summed E-state index contributed by atoms with van der Waals surface area (Å²) in [5.74, 6) is 1.54. The number of ether oxygens (including phenoxy) is 1. The van der Waals surface area contributed by atoms with E-state index in [-0.39, 0.29) is 5.76 Å². The molecule has 1 rings (SSSR count). The van der Waals surface area contributed by atoms with Crippen LogP contribution in [0.25, 0.3) is 0 Å². The van der Waals surface area contributed by atoms with E-state index in [2.05, 4.69) is 14.8 Å². The highest BCUT2D eigenvalue weighted by molar-refractivity contribution is 6.11. The third kappa shape index (κ3) is 7.68. The minimum absolute atomic E-state index is 0.232. The van der Waals surface area contributed by atoms with E-state index in [1.807, 2.05) is 6.92 Å². The Morgan fingerprint density at radius 1 is 1.00 bits per heavy atom. The fourth-order valence-corrected chi connectivity index (χ4v) is 3.23. The molecule has 0 amide bonds. The van der Waals surface area contributed by atoms with Gasteiger partial charge in [0.15, 0.2) is 0 Å². The first-order valence-corrected chi connectivity index (χ1v) is 9.57. The Balaban J connectivity index is 2.69. The summed E-state index contributed by atoms with van der Waals surface area (Å²) in [6, 6.07) is 0. The van der Waals surface area contributed by atoms with Crippen molar-refractivity contribution in [3.05, 3.63) is 35.6 Å². The van der Waals surface area contributed by atoms with Crippen LogP contribution >= 0.6 is 0 Å². The molecule has 0 bridgehead atoms. The van der Waals surface area contributed by atoms with E-state index in [1.165, 1.54) is 12.8 Å². The second-order valence-corrected chi connectivity index (χ2v) is 7.11. The second kappa shape index (κ2) is 12.3. The van der Waals surface area contributed by atoms with Gasteiger partial charge in [0.1, 0.15) is 19.9 Å². The lowest BCUT2D eigenvalue weighted by molar-refractivity contribution is 0.147. The molecular formula is C20H33BF2O. The van der Waals surface area contributed by atoms with Crippen molar-refractivity contribution in [3.63, 3.8) is 0 Å². The van der Waals surface area contributed by atoms with Crippen LogP contribution in [0.2, 0.25) is 5.82 Å². The number of rotatable bonds is 10. The van der Waals surface area contributed by atoms with E-state index >= 15 is 0 Å². The maximum Gasteiger partial charge on any atom is 0.147 e. The molecule has 0 aliphatic heterocycles. The fraction of sp³-hybridized carbons (Fsp3) is 0.700. The van der Waals surface area contributed by atoms with E-state index in [4.69, 9.17) is 4.74 Å². The average Bonchev–Trinajstić information content (AvgIpc) is 2.61. The van der Waals surface area contributed by atoms with Crippen molar-refractivity contribution in [1.82, 2.24) is 0 Å². The molecule has 136 valence electrons. The van der Waals surface area contributed by atoms with Crippen LogP contribution < -0.4 is 0 Å². The lowest BCUT2D eigenvalue weighted by Gasteiger charge is -2.26. The quantitative estimate of drug-likeness (QED) is 0.262. The Hall–Kier alpha value is -1.06. The molecule has 0 spiro atoms. The molecule has 0 aromatic rings. The zero-order valence-corrected chi connectivity index (χ0v) is 15.6. The van der Waals surface area contributed by atoms with Crippen molar-refractivity contribution in [2.24, 2.45) is 5.92 Å². The maximum atomic E-state index is 13.3. The van der Waals surface area contributed by atoms with E-state index in [1.54, 1.807) is 6.08 Å². The SMILES string of the molecule is BC1CCC(COC(=C\F)/C=C(CCCC)\C(=C\F)CCC)CC1. The minimum Gasteiger partial charge on any atom is -0.491 e.